The Morgan fingerprint density at radius 3 is 2.34 bits per heavy atom. The van der Waals surface area contributed by atoms with Gasteiger partial charge in [0.25, 0.3) is 5.91 Å². The van der Waals surface area contributed by atoms with Gasteiger partial charge >= 0.3 is 12.0 Å². The van der Waals surface area contributed by atoms with Gasteiger partial charge < -0.3 is 21.1 Å². The first-order chi connectivity index (χ1) is 13.7. The summed E-state index contributed by atoms with van der Waals surface area (Å²) >= 11 is 5.87. The number of carbonyl (C=O) groups is 3. The van der Waals surface area contributed by atoms with E-state index in [1.54, 1.807) is 30.3 Å². The predicted molar refractivity (Wildman–Crippen MR) is 112 cm³/mol. The molecule has 0 aliphatic heterocycles. The van der Waals surface area contributed by atoms with Crippen molar-refractivity contribution in [1.82, 2.24) is 5.32 Å². The van der Waals surface area contributed by atoms with Crippen LogP contribution >= 0.6 is 11.6 Å². The van der Waals surface area contributed by atoms with Crippen LogP contribution in [-0.4, -0.2) is 24.0 Å². The summed E-state index contributed by atoms with van der Waals surface area (Å²) in [7, 11) is 0. The summed E-state index contributed by atoms with van der Waals surface area (Å²) < 4.78 is 5.24. The third-order valence-electron chi connectivity index (χ3n) is 4.28. The predicted octanol–water partition coefficient (Wildman–Crippen LogP) is 3.63. The van der Waals surface area contributed by atoms with Crippen LogP contribution in [0.1, 0.15) is 36.1 Å². The van der Waals surface area contributed by atoms with E-state index in [1.165, 1.54) is 6.92 Å². The Morgan fingerprint density at radius 1 is 1.10 bits per heavy atom. The highest BCUT2D eigenvalue weighted by atomic mass is 35.5. The van der Waals surface area contributed by atoms with Crippen LogP contribution in [0.5, 0.6) is 0 Å². The third kappa shape index (κ3) is 6.80. The molecule has 2 aromatic rings. The number of anilines is 1. The molecule has 7 nitrogen and oxygen atoms in total. The highest BCUT2D eigenvalue weighted by molar-refractivity contribution is 6.30. The van der Waals surface area contributed by atoms with Gasteiger partial charge in [-0.25, -0.2) is 4.79 Å². The Morgan fingerprint density at radius 2 is 1.76 bits per heavy atom. The maximum Gasteiger partial charge on any atom is 0.312 e. The number of primary amides is 1. The number of nitrogens with one attached hydrogen (secondary N) is 2. The summed E-state index contributed by atoms with van der Waals surface area (Å²) in [6.45, 7) is 5.32. The van der Waals surface area contributed by atoms with Crippen LogP contribution in [0.4, 0.5) is 10.5 Å². The molecule has 3 amide bonds. The van der Waals surface area contributed by atoms with Crippen molar-refractivity contribution in [1.29, 1.82) is 0 Å². The van der Waals surface area contributed by atoms with E-state index < -0.39 is 30.1 Å². The van der Waals surface area contributed by atoms with Gasteiger partial charge in [0.15, 0.2) is 6.10 Å². The summed E-state index contributed by atoms with van der Waals surface area (Å²) in [6.07, 6.45) is -1.20. The van der Waals surface area contributed by atoms with Crippen molar-refractivity contribution in [2.24, 2.45) is 5.73 Å². The standard InChI is InChI=1S/C21H24ClN3O4/c1-12-4-9-17(13(2)10-12)24-20(27)14(3)29-19(26)11-18(25-21(23)28)15-5-7-16(22)8-6-15/h4-10,14,18H,11H2,1-3H3,(H,24,27)(H3,23,25,28)/t14-,18+/m1/s1. The van der Waals surface area contributed by atoms with Gasteiger partial charge in [-0.2, -0.15) is 0 Å². The van der Waals surface area contributed by atoms with Crippen molar-refractivity contribution >= 4 is 35.2 Å². The van der Waals surface area contributed by atoms with Crippen molar-refractivity contribution in [2.45, 2.75) is 39.3 Å². The zero-order chi connectivity index (χ0) is 21.6. The lowest BCUT2D eigenvalue weighted by atomic mass is 10.0. The minimum absolute atomic E-state index is 0.189. The largest absolute Gasteiger partial charge is 0.452 e. The molecule has 29 heavy (non-hydrogen) atoms. The molecular weight excluding hydrogens is 394 g/mol. The van der Waals surface area contributed by atoms with Gasteiger partial charge in [0, 0.05) is 10.7 Å². The van der Waals surface area contributed by atoms with Gasteiger partial charge in [0.1, 0.15) is 0 Å². The fourth-order valence-electron chi connectivity index (χ4n) is 2.77. The van der Waals surface area contributed by atoms with E-state index >= 15 is 0 Å². The molecule has 8 heteroatoms. The number of hydrogen-bond donors (Lipinski definition) is 3. The first-order valence-corrected chi connectivity index (χ1v) is 9.42. The highest BCUT2D eigenvalue weighted by Crippen LogP contribution is 2.21. The second-order valence-electron chi connectivity index (χ2n) is 6.76. The molecule has 0 radical (unpaired) electrons. The van der Waals surface area contributed by atoms with Crippen molar-refractivity contribution < 1.29 is 19.1 Å². The number of esters is 1. The molecule has 0 heterocycles. The van der Waals surface area contributed by atoms with Gasteiger partial charge in [-0.3, -0.25) is 9.59 Å². The maximum atomic E-state index is 12.4. The van der Waals surface area contributed by atoms with Crippen molar-refractivity contribution in [2.75, 3.05) is 5.32 Å². The molecule has 2 rings (SSSR count). The SMILES string of the molecule is Cc1ccc(NC(=O)[C@@H](C)OC(=O)C[C@H](NC(N)=O)c2ccc(Cl)cc2)c(C)c1. The van der Waals surface area contributed by atoms with E-state index in [0.717, 1.165) is 11.1 Å². The number of carbonyl (C=O) groups excluding carboxylic acids is 3. The van der Waals surface area contributed by atoms with Crippen LogP contribution in [0, 0.1) is 13.8 Å². The molecule has 2 atom stereocenters. The van der Waals surface area contributed by atoms with Gasteiger partial charge in [0.05, 0.1) is 12.5 Å². The van der Waals surface area contributed by atoms with Crippen LogP contribution in [0.3, 0.4) is 0 Å². The fraction of sp³-hybridized carbons (Fsp3) is 0.286. The molecule has 4 N–H and O–H groups in total. The van der Waals surface area contributed by atoms with E-state index in [4.69, 9.17) is 22.1 Å². The monoisotopic (exact) mass is 417 g/mol. The topological polar surface area (TPSA) is 111 Å². The number of amides is 3. The second-order valence-corrected chi connectivity index (χ2v) is 7.19. The molecule has 0 aliphatic carbocycles. The molecule has 2 aromatic carbocycles. The molecule has 0 saturated carbocycles. The zero-order valence-corrected chi connectivity index (χ0v) is 17.2. The van der Waals surface area contributed by atoms with Crippen molar-refractivity contribution in [3.63, 3.8) is 0 Å². The molecule has 0 spiro atoms. The molecule has 0 bridgehead atoms. The van der Waals surface area contributed by atoms with Crippen LogP contribution < -0.4 is 16.4 Å². The van der Waals surface area contributed by atoms with E-state index in [-0.39, 0.29) is 6.42 Å². The van der Waals surface area contributed by atoms with Gasteiger partial charge in [0.2, 0.25) is 0 Å². The van der Waals surface area contributed by atoms with Crippen LogP contribution in [0.2, 0.25) is 5.02 Å². The lowest BCUT2D eigenvalue weighted by Gasteiger charge is -2.19. The third-order valence-corrected chi connectivity index (χ3v) is 4.53. The number of benzene rings is 2. The van der Waals surface area contributed by atoms with E-state index in [9.17, 15) is 14.4 Å². The Kier molecular flexibility index (Phi) is 7.61. The molecule has 0 aromatic heterocycles. The number of rotatable bonds is 7. The highest BCUT2D eigenvalue weighted by Gasteiger charge is 2.23. The zero-order valence-electron chi connectivity index (χ0n) is 16.5. The summed E-state index contributed by atoms with van der Waals surface area (Å²) in [5, 5.41) is 5.76. The minimum atomic E-state index is -1.01. The lowest BCUT2D eigenvalue weighted by molar-refractivity contribution is -0.153. The first-order valence-electron chi connectivity index (χ1n) is 9.04. The van der Waals surface area contributed by atoms with E-state index in [1.807, 2.05) is 26.0 Å². The Bertz CT molecular complexity index is 899. The van der Waals surface area contributed by atoms with Crippen LogP contribution in [0.25, 0.3) is 0 Å². The molecule has 154 valence electrons. The van der Waals surface area contributed by atoms with Crippen molar-refractivity contribution in [3.05, 3.63) is 64.2 Å². The minimum Gasteiger partial charge on any atom is -0.452 e. The van der Waals surface area contributed by atoms with Gasteiger partial charge in [-0.1, -0.05) is 41.4 Å². The summed E-state index contributed by atoms with van der Waals surface area (Å²) in [6, 6.07) is 10.8. The molecule has 0 aliphatic rings. The molecule has 0 saturated heterocycles. The Labute approximate surface area is 174 Å². The summed E-state index contributed by atoms with van der Waals surface area (Å²) in [4.78, 5) is 36.0. The number of hydrogen-bond acceptors (Lipinski definition) is 4. The number of nitrogens with two attached hydrogens (primary N) is 1. The van der Waals surface area contributed by atoms with E-state index in [2.05, 4.69) is 10.6 Å². The molecule has 0 unspecified atom stereocenters. The Hall–Kier alpha value is -3.06. The average Bonchev–Trinajstić information content (AvgIpc) is 2.63. The number of halogens is 1. The quantitative estimate of drug-likeness (QED) is 0.597. The van der Waals surface area contributed by atoms with Crippen LogP contribution in [-0.2, 0) is 14.3 Å². The summed E-state index contributed by atoms with van der Waals surface area (Å²) in [5.74, 6) is -1.10. The van der Waals surface area contributed by atoms with Crippen molar-refractivity contribution in [3.8, 4) is 0 Å². The maximum absolute atomic E-state index is 12.4. The second kappa shape index (κ2) is 9.93. The summed E-state index contributed by atoms with van der Waals surface area (Å²) in [5.41, 5.74) is 8.48. The van der Waals surface area contributed by atoms with E-state index in [0.29, 0.717) is 16.3 Å². The van der Waals surface area contributed by atoms with Gasteiger partial charge in [-0.05, 0) is 50.1 Å². The number of aryl methyl sites for hydroxylation is 2. The molecule has 0 fully saturated rings. The van der Waals surface area contributed by atoms with Crippen LogP contribution in [0.15, 0.2) is 42.5 Å². The first kappa shape index (κ1) is 22.2. The normalized spacial score (nSPS) is 12.6. The van der Waals surface area contributed by atoms with Gasteiger partial charge in [-0.15, -0.1) is 0 Å². The fourth-order valence-corrected chi connectivity index (χ4v) is 2.90. The molecular formula is C21H24ClN3O4. The Balaban J connectivity index is 1.99. The smallest absolute Gasteiger partial charge is 0.312 e. The average molecular weight is 418 g/mol. The number of urea groups is 1. The number of ether oxygens (including phenoxy) is 1. The lowest BCUT2D eigenvalue weighted by Crippen LogP contribution is -2.36.